The van der Waals surface area contributed by atoms with Gasteiger partial charge >= 0.3 is 0 Å². The summed E-state index contributed by atoms with van der Waals surface area (Å²) >= 11 is 0. The van der Waals surface area contributed by atoms with Crippen LogP contribution in [0.4, 0.5) is 0 Å². The summed E-state index contributed by atoms with van der Waals surface area (Å²) in [4.78, 5) is 7.00. The fourth-order valence-corrected chi connectivity index (χ4v) is 3.67. The van der Waals surface area contributed by atoms with Crippen LogP contribution in [0.2, 0.25) is 0 Å². The Balaban J connectivity index is 1.34. The van der Waals surface area contributed by atoms with Crippen molar-refractivity contribution in [3.05, 3.63) is 35.5 Å². The minimum atomic E-state index is 0.372. The van der Waals surface area contributed by atoms with Gasteiger partial charge in [-0.25, -0.2) is 0 Å². The topological polar surface area (TPSA) is 60.6 Å². The highest BCUT2D eigenvalue weighted by atomic mass is 16.6. The van der Waals surface area contributed by atoms with E-state index in [0.29, 0.717) is 25.2 Å². The Bertz CT molecular complexity index is 741. The van der Waals surface area contributed by atoms with E-state index in [9.17, 15) is 0 Å². The minimum absolute atomic E-state index is 0.372. The molecule has 0 amide bonds. The van der Waals surface area contributed by atoms with Crippen molar-refractivity contribution in [1.29, 1.82) is 0 Å². The second kappa shape index (κ2) is 5.77. The lowest BCUT2D eigenvalue weighted by Crippen LogP contribution is -2.23. The predicted molar refractivity (Wildman–Crippen MR) is 86.1 cm³/mol. The molecule has 1 aromatic heterocycles. The van der Waals surface area contributed by atoms with E-state index in [4.69, 9.17) is 14.0 Å². The lowest BCUT2D eigenvalue weighted by molar-refractivity contribution is 0.170. The average Bonchev–Trinajstić information content (AvgIpc) is 3.19. The molecular formula is C18H21N3O3. The van der Waals surface area contributed by atoms with Gasteiger partial charge < -0.3 is 14.0 Å². The van der Waals surface area contributed by atoms with E-state index in [1.54, 1.807) is 0 Å². The zero-order valence-electron chi connectivity index (χ0n) is 13.6. The summed E-state index contributed by atoms with van der Waals surface area (Å²) < 4.78 is 16.8. The van der Waals surface area contributed by atoms with Crippen molar-refractivity contribution in [2.24, 2.45) is 0 Å². The molecule has 3 aliphatic rings. The average molecular weight is 327 g/mol. The number of rotatable bonds is 4. The summed E-state index contributed by atoms with van der Waals surface area (Å²) in [5.41, 5.74) is 1.28. The van der Waals surface area contributed by atoms with Gasteiger partial charge in [0.25, 0.3) is 0 Å². The fourth-order valence-electron chi connectivity index (χ4n) is 3.67. The zero-order valence-corrected chi connectivity index (χ0v) is 13.6. The number of benzene rings is 1. The fraction of sp³-hybridized carbons (Fsp3) is 0.556. The number of hydrogen-bond donors (Lipinski definition) is 0. The van der Waals surface area contributed by atoms with E-state index in [1.165, 1.54) is 24.8 Å². The quantitative estimate of drug-likeness (QED) is 0.860. The minimum Gasteiger partial charge on any atom is -0.486 e. The van der Waals surface area contributed by atoms with E-state index in [1.807, 2.05) is 6.07 Å². The molecule has 1 atom stereocenters. The number of nitrogens with zero attached hydrogens (tertiary/aromatic N) is 3. The molecule has 2 aromatic rings. The molecule has 0 N–H and O–H groups in total. The first-order valence-corrected chi connectivity index (χ1v) is 8.83. The van der Waals surface area contributed by atoms with Crippen molar-refractivity contribution in [2.75, 3.05) is 19.8 Å². The second-order valence-corrected chi connectivity index (χ2v) is 6.85. The molecule has 1 unspecified atom stereocenters. The van der Waals surface area contributed by atoms with E-state index >= 15 is 0 Å². The molecule has 5 rings (SSSR count). The van der Waals surface area contributed by atoms with Gasteiger partial charge in [0.2, 0.25) is 5.89 Å². The summed E-state index contributed by atoms with van der Waals surface area (Å²) in [6.45, 7) is 3.03. The van der Waals surface area contributed by atoms with Crippen LogP contribution in [-0.2, 0) is 6.54 Å². The largest absolute Gasteiger partial charge is 0.486 e. The molecule has 1 saturated heterocycles. The van der Waals surface area contributed by atoms with Crippen molar-refractivity contribution < 1.29 is 14.0 Å². The van der Waals surface area contributed by atoms with Gasteiger partial charge in [0.1, 0.15) is 13.2 Å². The van der Waals surface area contributed by atoms with Crippen LogP contribution in [0.5, 0.6) is 11.5 Å². The third-order valence-corrected chi connectivity index (χ3v) is 5.08. The summed E-state index contributed by atoms with van der Waals surface area (Å²) in [6, 6.07) is 6.68. The van der Waals surface area contributed by atoms with Gasteiger partial charge in [-0.1, -0.05) is 11.2 Å². The maximum atomic E-state index is 5.73. The van der Waals surface area contributed by atoms with E-state index < -0.39 is 0 Å². The van der Waals surface area contributed by atoms with Gasteiger partial charge in [0, 0.05) is 12.0 Å². The molecule has 3 heterocycles. The number of fused-ring (bicyclic) bond motifs is 1. The SMILES string of the molecule is c1cc2c(cc1C1CCCN1Cc1nc(C3CC3)no1)OCCO2. The first-order chi connectivity index (χ1) is 11.9. The molecule has 126 valence electrons. The molecule has 1 saturated carbocycles. The van der Waals surface area contributed by atoms with Crippen LogP contribution < -0.4 is 9.47 Å². The third kappa shape index (κ3) is 2.65. The van der Waals surface area contributed by atoms with Crippen LogP contribution in [0, 0.1) is 0 Å². The molecule has 1 aromatic carbocycles. The molecular weight excluding hydrogens is 306 g/mol. The van der Waals surface area contributed by atoms with Crippen molar-refractivity contribution in [3.63, 3.8) is 0 Å². The molecule has 6 nitrogen and oxygen atoms in total. The van der Waals surface area contributed by atoms with Crippen LogP contribution in [0.25, 0.3) is 0 Å². The van der Waals surface area contributed by atoms with E-state index in [0.717, 1.165) is 42.7 Å². The highest BCUT2D eigenvalue weighted by molar-refractivity contribution is 5.44. The Hall–Kier alpha value is -2.08. The van der Waals surface area contributed by atoms with Crippen LogP contribution in [0.1, 0.15) is 54.9 Å². The summed E-state index contributed by atoms with van der Waals surface area (Å²) in [5, 5.41) is 4.13. The number of likely N-dealkylation sites (tertiary alicyclic amines) is 1. The maximum absolute atomic E-state index is 5.73. The first kappa shape index (κ1) is 14.3. The van der Waals surface area contributed by atoms with Crippen LogP contribution >= 0.6 is 0 Å². The van der Waals surface area contributed by atoms with E-state index in [-0.39, 0.29) is 0 Å². The summed E-state index contributed by atoms with van der Waals surface area (Å²) in [5.74, 6) is 3.87. The van der Waals surface area contributed by atoms with Crippen molar-refractivity contribution >= 4 is 0 Å². The van der Waals surface area contributed by atoms with Gasteiger partial charge in [0.05, 0.1) is 6.54 Å². The Morgan fingerprint density at radius 1 is 1.08 bits per heavy atom. The van der Waals surface area contributed by atoms with Crippen LogP contribution in [0.3, 0.4) is 0 Å². The lowest BCUT2D eigenvalue weighted by Gasteiger charge is -2.25. The van der Waals surface area contributed by atoms with Gasteiger partial charge in [0.15, 0.2) is 17.3 Å². The van der Waals surface area contributed by atoms with Crippen molar-refractivity contribution in [3.8, 4) is 11.5 Å². The van der Waals surface area contributed by atoms with Crippen LogP contribution in [-0.4, -0.2) is 34.8 Å². The maximum Gasteiger partial charge on any atom is 0.240 e. The predicted octanol–water partition coefficient (Wildman–Crippen LogP) is 3.06. The zero-order chi connectivity index (χ0) is 15.9. The molecule has 24 heavy (non-hydrogen) atoms. The van der Waals surface area contributed by atoms with Gasteiger partial charge in [-0.3, -0.25) is 4.90 Å². The Morgan fingerprint density at radius 3 is 2.83 bits per heavy atom. The highest BCUT2D eigenvalue weighted by Crippen LogP contribution is 2.40. The molecule has 0 radical (unpaired) electrons. The Morgan fingerprint density at radius 2 is 1.96 bits per heavy atom. The standard InChI is InChI=1S/C18H21N3O3/c1-2-14(13-5-6-15-16(10-13)23-9-8-22-15)21(7-1)11-17-19-18(20-24-17)12-3-4-12/h5-6,10,12,14H,1-4,7-9,11H2. The molecule has 0 spiro atoms. The van der Waals surface area contributed by atoms with Crippen molar-refractivity contribution in [1.82, 2.24) is 15.0 Å². The Kier molecular flexibility index (Phi) is 3.43. The summed E-state index contributed by atoms with van der Waals surface area (Å²) in [6.07, 6.45) is 4.72. The number of aromatic nitrogens is 2. The van der Waals surface area contributed by atoms with Gasteiger partial charge in [-0.2, -0.15) is 4.98 Å². The second-order valence-electron chi connectivity index (χ2n) is 6.85. The number of ether oxygens (including phenoxy) is 2. The molecule has 2 aliphatic heterocycles. The van der Waals surface area contributed by atoms with E-state index in [2.05, 4.69) is 27.2 Å². The van der Waals surface area contributed by atoms with Gasteiger partial charge in [-0.05, 0) is 49.9 Å². The Labute approximate surface area is 140 Å². The van der Waals surface area contributed by atoms with Crippen LogP contribution in [0.15, 0.2) is 22.7 Å². The third-order valence-electron chi connectivity index (χ3n) is 5.08. The molecule has 2 fully saturated rings. The molecule has 6 heteroatoms. The van der Waals surface area contributed by atoms with Crippen molar-refractivity contribution in [2.45, 2.75) is 44.2 Å². The summed E-state index contributed by atoms with van der Waals surface area (Å²) in [7, 11) is 0. The first-order valence-electron chi connectivity index (χ1n) is 8.83. The lowest BCUT2D eigenvalue weighted by atomic mass is 10.0. The molecule has 1 aliphatic carbocycles. The monoisotopic (exact) mass is 327 g/mol. The smallest absolute Gasteiger partial charge is 0.240 e. The number of hydrogen-bond acceptors (Lipinski definition) is 6. The molecule has 0 bridgehead atoms. The normalized spacial score (nSPS) is 23.6. The highest BCUT2D eigenvalue weighted by Gasteiger charge is 2.31. The van der Waals surface area contributed by atoms with Gasteiger partial charge in [-0.15, -0.1) is 0 Å².